The number of hydrogen-bond donors (Lipinski definition) is 0. The normalized spacial score (nSPS) is 8.38. The Morgan fingerprint density at radius 2 is 1.75 bits per heavy atom. The van der Waals surface area contributed by atoms with Crippen LogP contribution in [-0.4, -0.2) is 29.3 Å². The summed E-state index contributed by atoms with van der Waals surface area (Å²) < 4.78 is 0. The van der Waals surface area contributed by atoms with Crippen molar-refractivity contribution in [1.29, 1.82) is 0 Å². The molecule has 2 heteroatoms. The summed E-state index contributed by atoms with van der Waals surface area (Å²) >= 11 is 0. The molecule has 46 valence electrons. The Morgan fingerprint density at radius 1 is 1.38 bits per heavy atom. The molecule has 0 N–H and O–H groups in total. The smallest absolute Gasteiger partial charge is 0.303 e. The summed E-state index contributed by atoms with van der Waals surface area (Å²) in [5, 5.41) is 0. The Labute approximate surface area is 67.0 Å². The quantitative estimate of drug-likeness (QED) is 0.402. The molecule has 0 aliphatic rings. The van der Waals surface area contributed by atoms with Gasteiger partial charge in [0.05, 0.1) is 0 Å². The van der Waals surface area contributed by atoms with Crippen LogP contribution in [0.5, 0.6) is 0 Å². The molecule has 0 unspecified atom stereocenters. The molecule has 0 saturated carbocycles. The second-order valence-corrected chi connectivity index (χ2v) is 1.71. The second kappa shape index (κ2) is 7.44. The molecule has 0 aromatic rings. The predicted molar refractivity (Wildman–Crippen MR) is 38.7 cm³/mol. The average molecular weight is 126 g/mol. The Balaban J connectivity index is 0. The molecule has 0 bridgehead atoms. The number of aldehydes is 1. The lowest BCUT2D eigenvalue weighted by Crippen LogP contribution is -1.95. The van der Waals surface area contributed by atoms with E-state index in [4.69, 9.17) is 0 Å². The zero-order valence-corrected chi connectivity index (χ0v) is 4.98. The SMILES string of the molecule is CCC(C=O)CC.[MgH2]. The van der Waals surface area contributed by atoms with E-state index >= 15 is 0 Å². The van der Waals surface area contributed by atoms with Crippen molar-refractivity contribution in [2.45, 2.75) is 26.7 Å². The van der Waals surface area contributed by atoms with Gasteiger partial charge in [0, 0.05) is 5.92 Å². The van der Waals surface area contributed by atoms with Crippen molar-refractivity contribution >= 4 is 29.3 Å². The largest absolute Gasteiger partial charge is 0.316 e. The molecule has 0 rings (SSSR count). The number of carbonyl (C=O) groups is 1. The summed E-state index contributed by atoms with van der Waals surface area (Å²) in [5.74, 6) is 0.306. The van der Waals surface area contributed by atoms with Crippen LogP contribution in [0.25, 0.3) is 0 Å². The minimum absolute atomic E-state index is 0. The maximum absolute atomic E-state index is 9.97. The predicted octanol–water partition coefficient (Wildman–Crippen LogP) is 0.705. The molecule has 0 heterocycles. The highest BCUT2D eigenvalue weighted by Crippen LogP contribution is 2.01. The lowest BCUT2D eigenvalue weighted by atomic mass is 10.1. The molecular weight excluding hydrogens is 112 g/mol. The highest BCUT2D eigenvalue weighted by Gasteiger charge is 1.96. The van der Waals surface area contributed by atoms with Gasteiger partial charge in [-0.3, -0.25) is 0 Å². The monoisotopic (exact) mass is 126 g/mol. The van der Waals surface area contributed by atoms with Crippen LogP contribution in [0, 0.1) is 5.92 Å². The minimum atomic E-state index is 0. The van der Waals surface area contributed by atoms with Gasteiger partial charge >= 0.3 is 23.1 Å². The average Bonchev–Trinajstić information content (AvgIpc) is 1.72. The van der Waals surface area contributed by atoms with Crippen molar-refractivity contribution in [3.8, 4) is 0 Å². The molecule has 0 amide bonds. The van der Waals surface area contributed by atoms with Crippen molar-refractivity contribution in [2.24, 2.45) is 5.92 Å². The lowest BCUT2D eigenvalue weighted by Gasteiger charge is -1.97. The molecule has 8 heavy (non-hydrogen) atoms. The van der Waals surface area contributed by atoms with E-state index < -0.39 is 0 Å². The number of hydrogen-bond acceptors (Lipinski definition) is 1. The summed E-state index contributed by atoms with van der Waals surface area (Å²) in [4.78, 5) is 9.97. The summed E-state index contributed by atoms with van der Waals surface area (Å²) in [7, 11) is 0. The third-order valence-corrected chi connectivity index (χ3v) is 1.24. The van der Waals surface area contributed by atoms with E-state index in [1.54, 1.807) is 0 Å². The Bertz CT molecular complexity index is 50.5. The number of rotatable bonds is 3. The van der Waals surface area contributed by atoms with E-state index in [1.165, 1.54) is 0 Å². The van der Waals surface area contributed by atoms with Crippen LogP contribution in [0.2, 0.25) is 0 Å². The highest BCUT2D eigenvalue weighted by molar-refractivity contribution is 5.75. The summed E-state index contributed by atoms with van der Waals surface area (Å²) in [6, 6.07) is 0. The zero-order chi connectivity index (χ0) is 5.70. The van der Waals surface area contributed by atoms with Gasteiger partial charge in [-0.2, -0.15) is 0 Å². The maximum atomic E-state index is 9.97. The third kappa shape index (κ3) is 4.59. The van der Waals surface area contributed by atoms with Crippen molar-refractivity contribution in [3.05, 3.63) is 0 Å². The Hall–Kier alpha value is 0.436. The molecule has 0 aliphatic carbocycles. The van der Waals surface area contributed by atoms with Crippen molar-refractivity contribution in [1.82, 2.24) is 0 Å². The molecule has 0 radical (unpaired) electrons. The van der Waals surface area contributed by atoms with Crippen LogP contribution in [0.3, 0.4) is 0 Å². The van der Waals surface area contributed by atoms with Crippen molar-refractivity contribution < 1.29 is 4.79 Å². The van der Waals surface area contributed by atoms with E-state index in [0.717, 1.165) is 19.1 Å². The molecule has 0 fully saturated rings. The first kappa shape index (κ1) is 11.3. The standard InChI is InChI=1S/C6H12O.Mg.2H/c1-3-6(4-2)5-7;;;/h5-6H,3-4H2,1-2H3;;;. The van der Waals surface area contributed by atoms with Gasteiger partial charge in [-0.25, -0.2) is 0 Å². The van der Waals surface area contributed by atoms with Crippen LogP contribution >= 0.6 is 0 Å². The fraction of sp³-hybridized carbons (Fsp3) is 0.833. The topological polar surface area (TPSA) is 17.1 Å². The molecule has 1 nitrogen and oxygen atoms in total. The van der Waals surface area contributed by atoms with Crippen molar-refractivity contribution in [2.75, 3.05) is 0 Å². The zero-order valence-electron chi connectivity index (χ0n) is 4.98. The summed E-state index contributed by atoms with van der Waals surface area (Å²) in [5.41, 5.74) is 0. The first-order valence-electron chi connectivity index (χ1n) is 2.80. The first-order chi connectivity index (χ1) is 3.35. The summed E-state index contributed by atoms with van der Waals surface area (Å²) in [6.07, 6.45) is 3.00. The van der Waals surface area contributed by atoms with Crippen LogP contribution < -0.4 is 0 Å². The van der Waals surface area contributed by atoms with Crippen LogP contribution in [0.15, 0.2) is 0 Å². The van der Waals surface area contributed by atoms with Gasteiger partial charge in [0.15, 0.2) is 0 Å². The van der Waals surface area contributed by atoms with Gasteiger partial charge < -0.3 is 4.79 Å². The number of carbonyl (C=O) groups excluding carboxylic acids is 1. The molecule has 0 aromatic carbocycles. The third-order valence-electron chi connectivity index (χ3n) is 1.24. The van der Waals surface area contributed by atoms with Crippen LogP contribution in [0.1, 0.15) is 26.7 Å². The molecule has 0 aliphatic heterocycles. The van der Waals surface area contributed by atoms with Gasteiger partial charge in [0.25, 0.3) is 0 Å². The minimum Gasteiger partial charge on any atom is -0.303 e. The molecule has 0 spiro atoms. The second-order valence-electron chi connectivity index (χ2n) is 1.71. The van der Waals surface area contributed by atoms with E-state index in [1.807, 2.05) is 13.8 Å². The van der Waals surface area contributed by atoms with E-state index in [-0.39, 0.29) is 23.1 Å². The molecule has 0 atom stereocenters. The highest BCUT2D eigenvalue weighted by atomic mass is 24.3. The van der Waals surface area contributed by atoms with Gasteiger partial charge in [-0.1, -0.05) is 13.8 Å². The fourth-order valence-electron chi connectivity index (χ4n) is 0.481. The van der Waals surface area contributed by atoms with Gasteiger partial charge in [0.1, 0.15) is 6.29 Å². The van der Waals surface area contributed by atoms with E-state index in [0.29, 0.717) is 5.92 Å². The first-order valence-corrected chi connectivity index (χ1v) is 2.80. The van der Waals surface area contributed by atoms with E-state index in [9.17, 15) is 4.79 Å². The van der Waals surface area contributed by atoms with Gasteiger partial charge in [0.2, 0.25) is 0 Å². The lowest BCUT2D eigenvalue weighted by molar-refractivity contribution is -0.111. The van der Waals surface area contributed by atoms with E-state index in [2.05, 4.69) is 0 Å². The maximum Gasteiger partial charge on any atom is 0.316 e. The fourth-order valence-corrected chi connectivity index (χ4v) is 0.481. The van der Waals surface area contributed by atoms with Crippen LogP contribution in [0.4, 0.5) is 0 Å². The Kier molecular flexibility index (Phi) is 10.5. The summed E-state index contributed by atoms with van der Waals surface area (Å²) in [6.45, 7) is 4.06. The van der Waals surface area contributed by atoms with Crippen LogP contribution in [-0.2, 0) is 4.79 Å². The molecular formula is C6H14MgO. The Morgan fingerprint density at radius 3 is 1.75 bits per heavy atom. The molecule has 0 saturated heterocycles. The molecule has 0 aromatic heterocycles. The van der Waals surface area contributed by atoms with Crippen molar-refractivity contribution in [3.63, 3.8) is 0 Å². The van der Waals surface area contributed by atoms with Gasteiger partial charge in [-0.15, -0.1) is 0 Å². The van der Waals surface area contributed by atoms with Gasteiger partial charge in [-0.05, 0) is 12.8 Å².